The molecule has 6 heteroatoms. The summed E-state index contributed by atoms with van der Waals surface area (Å²) in [6, 6.07) is 5.56. The van der Waals surface area contributed by atoms with E-state index in [-0.39, 0.29) is 24.4 Å². The van der Waals surface area contributed by atoms with Gasteiger partial charge in [-0.3, -0.25) is 4.79 Å². The van der Waals surface area contributed by atoms with Crippen LogP contribution in [0.1, 0.15) is 16.8 Å². The fourth-order valence-corrected chi connectivity index (χ4v) is 2.30. The molecular weight excluding hydrogens is 327 g/mol. The fourth-order valence-electron chi connectivity index (χ4n) is 1.72. The summed E-state index contributed by atoms with van der Waals surface area (Å²) in [5, 5.41) is 6.62. The highest BCUT2D eigenvalue weighted by Crippen LogP contribution is 2.25. The van der Waals surface area contributed by atoms with Crippen molar-refractivity contribution >= 4 is 45.8 Å². The van der Waals surface area contributed by atoms with Gasteiger partial charge < -0.3 is 10.6 Å². The maximum atomic E-state index is 11.9. The van der Waals surface area contributed by atoms with Gasteiger partial charge in [0.1, 0.15) is 0 Å². The zero-order valence-corrected chi connectivity index (χ0v) is 12.2. The molecule has 1 fully saturated rings. The van der Waals surface area contributed by atoms with Crippen LogP contribution in [0.15, 0.2) is 22.7 Å². The highest BCUT2D eigenvalue weighted by Gasteiger charge is 2.19. The largest absolute Gasteiger partial charge is 0.348 e. The molecule has 1 aromatic carbocycles. The molecular formula is C11H13BrCl2N2O. The lowest BCUT2D eigenvalue weighted by atomic mass is 10.2. The van der Waals surface area contributed by atoms with Crippen LogP contribution in [-0.2, 0) is 0 Å². The zero-order valence-electron chi connectivity index (χ0n) is 9.00. The summed E-state index contributed by atoms with van der Waals surface area (Å²) in [6.45, 7) is 1.79. The Hall–Kier alpha value is -0.290. The van der Waals surface area contributed by atoms with E-state index in [0.717, 1.165) is 24.0 Å². The molecule has 1 amide bonds. The summed E-state index contributed by atoms with van der Waals surface area (Å²) in [4.78, 5) is 11.9. The standard InChI is InChI=1S/C11H12BrClN2O.ClH/c12-9-3-1-2-8(10(9)13)11(16)15-7-4-5-14-6-7;/h1-3,7,14H,4-6H2,(H,15,16);1H. The summed E-state index contributed by atoms with van der Waals surface area (Å²) in [5.74, 6) is -0.111. The van der Waals surface area contributed by atoms with Crippen LogP contribution in [0, 0.1) is 0 Å². The van der Waals surface area contributed by atoms with Gasteiger partial charge >= 0.3 is 0 Å². The molecule has 0 aromatic heterocycles. The Morgan fingerprint density at radius 3 is 2.94 bits per heavy atom. The molecule has 17 heavy (non-hydrogen) atoms. The fraction of sp³-hybridized carbons (Fsp3) is 0.364. The molecule has 1 aromatic rings. The van der Waals surface area contributed by atoms with Crippen molar-refractivity contribution in [1.82, 2.24) is 10.6 Å². The predicted molar refractivity (Wildman–Crippen MR) is 75.1 cm³/mol. The minimum Gasteiger partial charge on any atom is -0.348 e. The van der Waals surface area contributed by atoms with Crippen LogP contribution in [0.4, 0.5) is 0 Å². The third-order valence-corrected chi connectivity index (χ3v) is 3.89. The quantitative estimate of drug-likeness (QED) is 0.869. The lowest BCUT2D eigenvalue weighted by Gasteiger charge is -2.12. The maximum absolute atomic E-state index is 11.9. The van der Waals surface area contributed by atoms with E-state index in [1.165, 1.54) is 0 Å². The molecule has 94 valence electrons. The first-order chi connectivity index (χ1) is 7.68. The van der Waals surface area contributed by atoms with E-state index in [2.05, 4.69) is 26.6 Å². The van der Waals surface area contributed by atoms with Crippen molar-refractivity contribution in [3.05, 3.63) is 33.3 Å². The van der Waals surface area contributed by atoms with Gasteiger partial charge in [-0.15, -0.1) is 12.4 Å². The monoisotopic (exact) mass is 338 g/mol. The van der Waals surface area contributed by atoms with E-state index < -0.39 is 0 Å². The van der Waals surface area contributed by atoms with Gasteiger partial charge in [-0.05, 0) is 41.0 Å². The van der Waals surface area contributed by atoms with E-state index in [1.807, 2.05) is 6.07 Å². The second-order valence-electron chi connectivity index (χ2n) is 3.76. The van der Waals surface area contributed by atoms with Crippen molar-refractivity contribution in [1.29, 1.82) is 0 Å². The molecule has 0 spiro atoms. The van der Waals surface area contributed by atoms with Crippen LogP contribution in [0.25, 0.3) is 0 Å². The number of nitrogens with one attached hydrogen (secondary N) is 2. The number of halogens is 3. The first kappa shape index (κ1) is 14.8. The number of carbonyl (C=O) groups excluding carboxylic acids is 1. The zero-order chi connectivity index (χ0) is 11.5. The first-order valence-corrected chi connectivity index (χ1v) is 6.31. The molecule has 0 saturated carbocycles. The molecule has 0 bridgehead atoms. The lowest BCUT2D eigenvalue weighted by Crippen LogP contribution is -2.36. The number of carbonyl (C=O) groups is 1. The topological polar surface area (TPSA) is 41.1 Å². The van der Waals surface area contributed by atoms with E-state index in [4.69, 9.17) is 11.6 Å². The molecule has 1 aliphatic rings. The van der Waals surface area contributed by atoms with Crippen molar-refractivity contribution in [3.63, 3.8) is 0 Å². The molecule has 0 aliphatic carbocycles. The van der Waals surface area contributed by atoms with Gasteiger partial charge in [0.25, 0.3) is 5.91 Å². The van der Waals surface area contributed by atoms with Crippen LogP contribution in [0.5, 0.6) is 0 Å². The highest BCUT2D eigenvalue weighted by atomic mass is 79.9. The molecule has 2 rings (SSSR count). The van der Waals surface area contributed by atoms with E-state index in [0.29, 0.717) is 10.6 Å². The molecule has 1 saturated heterocycles. The van der Waals surface area contributed by atoms with E-state index >= 15 is 0 Å². The second-order valence-corrected chi connectivity index (χ2v) is 5.00. The van der Waals surface area contributed by atoms with Crippen LogP contribution in [0.2, 0.25) is 5.02 Å². The lowest BCUT2D eigenvalue weighted by molar-refractivity contribution is 0.0940. The summed E-state index contributed by atoms with van der Waals surface area (Å²) in [6.07, 6.45) is 0.970. The van der Waals surface area contributed by atoms with Crippen molar-refractivity contribution in [2.75, 3.05) is 13.1 Å². The van der Waals surface area contributed by atoms with Crippen LogP contribution in [-0.4, -0.2) is 25.0 Å². The molecule has 1 heterocycles. The molecule has 2 N–H and O–H groups in total. The van der Waals surface area contributed by atoms with Gasteiger partial charge in [0.2, 0.25) is 0 Å². The third kappa shape index (κ3) is 3.58. The van der Waals surface area contributed by atoms with Crippen molar-refractivity contribution in [3.8, 4) is 0 Å². The smallest absolute Gasteiger partial charge is 0.253 e. The molecule has 3 nitrogen and oxygen atoms in total. The Bertz CT molecular complexity index is 408. The van der Waals surface area contributed by atoms with Gasteiger partial charge in [0.15, 0.2) is 0 Å². The number of rotatable bonds is 2. The molecule has 1 aliphatic heterocycles. The van der Waals surface area contributed by atoms with Crippen molar-refractivity contribution in [2.24, 2.45) is 0 Å². The number of hydrogen-bond acceptors (Lipinski definition) is 2. The number of benzene rings is 1. The Kier molecular flexibility index (Phi) is 5.73. The van der Waals surface area contributed by atoms with Crippen LogP contribution in [0.3, 0.4) is 0 Å². The van der Waals surface area contributed by atoms with Crippen LogP contribution >= 0.6 is 39.9 Å². The van der Waals surface area contributed by atoms with Gasteiger partial charge in [0, 0.05) is 17.1 Å². The minimum absolute atomic E-state index is 0. The Labute approximate surface area is 120 Å². The Morgan fingerprint density at radius 1 is 1.53 bits per heavy atom. The van der Waals surface area contributed by atoms with Gasteiger partial charge in [-0.2, -0.15) is 0 Å². The number of amides is 1. The summed E-state index contributed by atoms with van der Waals surface area (Å²) in [7, 11) is 0. The average Bonchev–Trinajstić information content (AvgIpc) is 2.74. The highest BCUT2D eigenvalue weighted by molar-refractivity contribution is 9.10. The summed E-state index contributed by atoms with van der Waals surface area (Å²) in [5.41, 5.74) is 0.517. The van der Waals surface area contributed by atoms with Gasteiger partial charge in [0.05, 0.1) is 10.6 Å². The van der Waals surface area contributed by atoms with Crippen LogP contribution < -0.4 is 10.6 Å². The third-order valence-electron chi connectivity index (χ3n) is 2.59. The Morgan fingerprint density at radius 2 is 2.29 bits per heavy atom. The average molecular weight is 340 g/mol. The Balaban J connectivity index is 0.00000144. The predicted octanol–water partition coefficient (Wildman–Crippen LogP) is 2.62. The summed E-state index contributed by atoms with van der Waals surface area (Å²) < 4.78 is 0.742. The van der Waals surface area contributed by atoms with E-state index in [9.17, 15) is 4.79 Å². The normalized spacial score (nSPS) is 18.6. The molecule has 1 atom stereocenters. The minimum atomic E-state index is -0.111. The van der Waals surface area contributed by atoms with Gasteiger partial charge in [-0.25, -0.2) is 0 Å². The SMILES string of the molecule is Cl.O=C(NC1CCNC1)c1cccc(Br)c1Cl. The number of hydrogen-bond donors (Lipinski definition) is 2. The maximum Gasteiger partial charge on any atom is 0.253 e. The van der Waals surface area contributed by atoms with Gasteiger partial charge in [-0.1, -0.05) is 17.7 Å². The second kappa shape index (κ2) is 6.59. The first-order valence-electron chi connectivity index (χ1n) is 5.14. The molecule has 1 unspecified atom stereocenters. The summed E-state index contributed by atoms with van der Waals surface area (Å²) >= 11 is 9.35. The molecule has 0 radical (unpaired) electrons. The van der Waals surface area contributed by atoms with Crippen molar-refractivity contribution < 1.29 is 4.79 Å². The van der Waals surface area contributed by atoms with Crippen molar-refractivity contribution in [2.45, 2.75) is 12.5 Å². The van der Waals surface area contributed by atoms with E-state index in [1.54, 1.807) is 12.1 Å².